The number of benzene rings is 1. The van der Waals surface area contributed by atoms with Gasteiger partial charge in [-0.2, -0.15) is 21.6 Å². The van der Waals surface area contributed by atoms with Crippen molar-refractivity contribution in [3.05, 3.63) is 29.8 Å². The molecule has 0 aromatic heterocycles. The molecule has 1 fully saturated rings. The minimum atomic E-state index is -5.79. The lowest BCUT2D eigenvalue weighted by molar-refractivity contribution is -0.0500. The molecule has 1 atom stereocenters. The summed E-state index contributed by atoms with van der Waals surface area (Å²) in [5.74, 6) is -0.505. The van der Waals surface area contributed by atoms with Crippen LogP contribution in [0.3, 0.4) is 0 Å². The molecular formula is C22H31F3N2O7S. The molecule has 0 spiro atoms. The van der Waals surface area contributed by atoms with Crippen LogP contribution in [0, 0.1) is 0 Å². The molecule has 13 heteroatoms. The number of hydrogen-bond donors (Lipinski definition) is 0. The number of ether oxygens (including phenoxy) is 2. The fourth-order valence-electron chi connectivity index (χ4n) is 3.21. The Balaban J connectivity index is 2.21. The van der Waals surface area contributed by atoms with E-state index in [1.165, 1.54) is 21.9 Å². The molecular weight excluding hydrogens is 493 g/mol. The zero-order valence-corrected chi connectivity index (χ0v) is 21.3. The first-order valence-electron chi connectivity index (χ1n) is 10.8. The molecule has 0 saturated carbocycles. The number of halogens is 3. The molecule has 2 rings (SSSR count). The molecule has 2 amide bonds. The van der Waals surface area contributed by atoms with Gasteiger partial charge in [0, 0.05) is 19.6 Å². The van der Waals surface area contributed by atoms with Gasteiger partial charge in [-0.1, -0.05) is 12.1 Å². The molecule has 1 aromatic carbocycles. The lowest BCUT2D eigenvalue weighted by Crippen LogP contribution is -2.58. The second-order valence-electron chi connectivity index (χ2n) is 10.1. The summed E-state index contributed by atoms with van der Waals surface area (Å²) < 4.78 is 75.1. The van der Waals surface area contributed by atoms with E-state index in [0.717, 1.165) is 12.1 Å². The second-order valence-corrected chi connectivity index (χ2v) is 11.6. The van der Waals surface area contributed by atoms with Crippen LogP contribution in [0.4, 0.5) is 22.8 Å². The van der Waals surface area contributed by atoms with E-state index in [4.69, 9.17) is 9.47 Å². The van der Waals surface area contributed by atoms with Crippen LogP contribution in [0.15, 0.2) is 24.3 Å². The van der Waals surface area contributed by atoms with Crippen molar-refractivity contribution in [2.24, 2.45) is 0 Å². The van der Waals surface area contributed by atoms with E-state index < -0.39 is 50.8 Å². The van der Waals surface area contributed by atoms with Gasteiger partial charge in [0.25, 0.3) is 0 Å². The van der Waals surface area contributed by atoms with E-state index in [1.54, 1.807) is 41.5 Å². The van der Waals surface area contributed by atoms with E-state index >= 15 is 0 Å². The van der Waals surface area contributed by atoms with Crippen LogP contribution in [-0.2, 0) is 26.0 Å². The number of nitrogens with zero attached hydrogens (tertiary/aromatic N) is 2. The maximum absolute atomic E-state index is 12.8. The van der Waals surface area contributed by atoms with Crippen LogP contribution in [0.25, 0.3) is 0 Å². The monoisotopic (exact) mass is 524 g/mol. The summed E-state index contributed by atoms with van der Waals surface area (Å²) in [6.07, 6.45) is -0.889. The summed E-state index contributed by atoms with van der Waals surface area (Å²) in [6, 6.07) is 4.43. The zero-order chi connectivity index (χ0) is 26.8. The van der Waals surface area contributed by atoms with Crippen LogP contribution in [-0.4, -0.2) is 72.8 Å². The Kier molecular flexibility index (Phi) is 8.25. The highest BCUT2D eigenvalue weighted by Gasteiger charge is 2.48. The molecule has 35 heavy (non-hydrogen) atoms. The van der Waals surface area contributed by atoms with E-state index in [9.17, 15) is 31.2 Å². The first-order valence-corrected chi connectivity index (χ1v) is 12.3. The molecule has 1 heterocycles. The minimum Gasteiger partial charge on any atom is -0.444 e. The summed E-state index contributed by atoms with van der Waals surface area (Å²) in [7, 11) is -5.79. The van der Waals surface area contributed by atoms with E-state index in [2.05, 4.69) is 4.18 Å². The molecule has 1 unspecified atom stereocenters. The van der Waals surface area contributed by atoms with E-state index in [1.807, 2.05) is 0 Å². The molecule has 198 valence electrons. The van der Waals surface area contributed by atoms with Gasteiger partial charge in [-0.15, -0.1) is 0 Å². The molecule has 1 saturated heterocycles. The summed E-state index contributed by atoms with van der Waals surface area (Å²) >= 11 is 0. The van der Waals surface area contributed by atoms with Gasteiger partial charge >= 0.3 is 27.8 Å². The number of carbonyl (C=O) groups excluding carboxylic acids is 2. The molecule has 9 nitrogen and oxygen atoms in total. The van der Waals surface area contributed by atoms with Crippen LogP contribution in [0.1, 0.15) is 47.1 Å². The van der Waals surface area contributed by atoms with E-state index in [-0.39, 0.29) is 26.1 Å². The lowest BCUT2D eigenvalue weighted by Gasteiger charge is -2.42. The minimum absolute atomic E-state index is 0.134. The van der Waals surface area contributed by atoms with Crippen LogP contribution in [0.5, 0.6) is 5.75 Å². The molecule has 0 radical (unpaired) electrons. The SMILES string of the molecule is CC(C)(C)OC(=O)N1CCN(C(=O)OC(C)(C)C)C(Cc2ccc(OS(=O)(=O)C(F)(F)F)cc2)C1. The first-order chi connectivity index (χ1) is 15.8. The largest absolute Gasteiger partial charge is 0.534 e. The summed E-state index contributed by atoms with van der Waals surface area (Å²) in [6.45, 7) is 10.9. The van der Waals surface area contributed by atoms with Gasteiger partial charge in [0.2, 0.25) is 0 Å². The third-order valence-corrected chi connectivity index (χ3v) is 5.63. The standard InChI is InChI=1S/C22H31F3N2O7S/c1-20(2,3)32-18(28)26-11-12-27(19(29)33-21(4,5)6)16(14-26)13-15-7-9-17(10-8-15)34-35(30,31)22(23,24)25/h7-10,16H,11-14H2,1-6H3. The van der Waals surface area contributed by atoms with Gasteiger partial charge in [-0.05, 0) is 65.7 Å². The zero-order valence-electron chi connectivity index (χ0n) is 20.5. The Labute approximate surface area is 203 Å². The predicted molar refractivity (Wildman–Crippen MR) is 120 cm³/mol. The Hall–Kier alpha value is -2.70. The molecule has 1 aromatic rings. The molecule has 1 aliphatic heterocycles. The van der Waals surface area contributed by atoms with Crippen molar-refractivity contribution in [2.45, 2.75) is 70.7 Å². The van der Waals surface area contributed by atoms with Crippen LogP contribution in [0.2, 0.25) is 0 Å². The quantitative estimate of drug-likeness (QED) is 0.427. The van der Waals surface area contributed by atoms with Gasteiger partial charge in [-0.25, -0.2) is 9.59 Å². The number of amides is 2. The fourth-order valence-corrected chi connectivity index (χ4v) is 3.67. The second kappa shape index (κ2) is 10.1. The van der Waals surface area contributed by atoms with Crippen molar-refractivity contribution in [1.82, 2.24) is 9.80 Å². The Bertz CT molecular complexity index is 1010. The van der Waals surface area contributed by atoms with Crippen molar-refractivity contribution < 1.29 is 44.8 Å². The maximum atomic E-state index is 12.8. The van der Waals surface area contributed by atoms with E-state index in [0.29, 0.717) is 5.56 Å². The summed E-state index contributed by atoms with van der Waals surface area (Å²) in [5, 5.41) is 0. The van der Waals surface area contributed by atoms with Gasteiger partial charge < -0.3 is 23.5 Å². The summed E-state index contributed by atoms with van der Waals surface area (Å²) in [4.78, 5) is 28.3. The number of alkyl halides is 3. The average Bonchev–Trinajstić information content (AvgIpc) is 2.65. The predicted octanol–water partition coefficient (Wildman–Crippen LogP) is 4.31. The molecule has 0 bridgehead atoms. The van der Waals surface area contributed by atoms with Crippen molar-refractivity contribution in [2.75, 3.05) is 19.6 Å². The molecule has 1 aliphatic rings. The maximum Gasteiger partial charge on any atom is 0.534 e. The van der Waals surface area contributed by atoms with Crippen molar-refractivity contribution in [3.8, 4) is 5.75 Å². The van der Waals surface area contributed by atoms with Gasteiger partial charge in [0.15, 0.2) is 0 Å². The normalized spacial score (nSPS) is 17.7. The van der Waals surface area contributed by atoms with Crippen LogP contribution < -0.4 is 4.18 Å². The van der Waals surface area contributed by atoms with Crippen molar-refractivity contribution in [1.29, 1.82) is 0 Å². The highest BCUT2D eigenvalue weighted by Crippen LogP contribution is 2.28. The Morgan fingerprint density at radius 3 is 1.91 bits per heavy atom. The molecule has 0 N–H and O–H groups in total. The number of rotatable bonds is 4. The smallest absolute Gasteiger partial charge is 0.444 e. The third-order valence-electron chi connectivity index (χ3n) is 4.65. The average molecular weight is 525 g/mol. The lowest BCUT2D eigenvalue weighted by atomic mass is 10.0. The Morgan fingerprint density at radius 2 is 1.43 bits per heavy atom. The van der Waals surface area contributed by atoms with Gasteiger partial charge in [0.1, 0.15) is 17.0 Å². The van der Waals surface area contributed by atoms with Crippen molar-refractivity contribution in [3.63, 3.8) is 0 Å². The first kappa shape index (κ1) is 28.5. The number of carbonyl (C=O) groups is 2. The number of hydrogen-bond acceptors (Lipinski definition) is 7. The number of piperazine rings is 1. The van der Waals surface area contributed by atoms with Crippen molar-refractivity contribution >= 4 is 22.3 Å². The topological polar surface area (TPSA) is 102 Å². The molecule has 0 aliphatic carbocycles. The highest BCUT2D eigenvalue weighted by molar-refractivity contribution is 7.88. The Morgan fingerprint density at radius 1 is 0.914 bits per heavy atom. The van der Waals surface area contributed by atoms with Gasteiger partial charge in [0.05, 0.1) is 6.04 Å². The fraction of sp³-hybridized carbons (Fsp3) is 0.636. The van der Waals surface area contributed by atoms with Gasteiger partial charge in [-0.3, -0.25) is 0 Å². The third kappa shape index (κ3) is 8.48. The highest BCUT2D eigenvalue weighted by atomic mass is 32.2. The van der Waals surface area contributed by atoms with Crippen LogP contribution >= 0.6 is 0 Å². The summed E-state index contributed by atoms with van der Waals surface area (Å²) in [5.41, 5.74) is -6.42.